The number of aromatic nitrogens is 1. The molecule has 0 spiro atoms. The maximum atomic E-state index is 9.76. The van der Waals surface area contributed by atoms with Crippen LogP contribution in [0.25, 0.3) is 10.9 Å². The second-order valence-corrected chi connectivity index (χ2v) is 4.04. The second-order valence-electron chi connectivity index (χ2n) is 3.63. The zero-order valence-corrected chi connectivity index (χ0v) is 9.15. The number of nitrogens with one attached hydrogen (secondary N) is 1. The molecule has 1 aromatic heterocycles. The summed E-state index contributed by atoms with van der Waals surface area (Å²) in [6, 6.07) is 5.21. The number of hydrogen-bond donors (Lipinski definition) is 4. The van der Waals surface area contributed by atoms with Gasteiger partial charge in [0.2, 0.25) is 0 Å². The van der Waals surface area contributed by atoms with E-state index in [-0.39, 0.29) is 0 Å². The van der Waals surface area contributed by atoms with Crippen molar-refractivity contribution in [3.8, 4) is 0 Å². The first-order chi connectivity index (χ1) is 7.63. The molecule has 1 heterocycles. The lowest BCUT2D eigenvalue weighted by Crippen LogP contribution is -2.22. The lowest BCUT2D eigenvalue weighted by atomic mass is 10.0. The smallest absolute Gasteiger partial charge is 0.109 e. The monoisotopic (exact) mass is 241 g/mol. The number of aliphatic hydroxyl groups is 3. The lowest BCUT2D eigenvalue weighted by Gasteiger charge is -2.17. The highest BCUT2D eigenvalue weighted by Gasteiger charge is 2.20. The molecule has 2 aromatic rings. The van der Waals surface area contributed by atoms with Gasteiger partial charge in [0, 0.05) is 22.3 Å². The Morgan fingerprint density at radius 2 is 2.06 bits per heavy atom. The van der Waals surface area contributed by atoms with Crippen molar-refractivity contribution in [3.63, 3.8) is 0 Å². The molecule has 0 saturated carbocycles. The highest BCUT2D eigenvalue weighted by atomic mass is 35.5. The maximum absolute atomic E-state index is 9.76. The zero-order valence-electron chi connectivity index (χ0n) is 8.39. The van der Waals surface area contributed by atoms with Crippen LogP contribution in [0.4, 0.5) is 0 Å². The van der Waals surface area contributed by atoms with Gasteiger partial charge in [0.05, 0.1) is 6.61 Å². The van der Waals surface area contributed by atoms with Gasteiger partial charge in [-0.25, -0.2) is 0 Å². The number of aliphatic hydroxyl groups excluding tert-OH is 3. The summed E-state index contributed by atoms with van der Waals surface area (Å²) in [6.07, 6.45) is -0.648. The average Bonchev–Trinajstić information content (AvgIpc) is 2.72. The number of H-pyrrole nitrogens is 1. The highest BCUT2D eigenvalue weighted by Crippen LogP contribution is 2.29. The Balaban J connectivity index is 2.46. The third-order valence-electron chi connectivity index (χ3n) is 2.54. The average molecular weight is 242 g/mol. The van der Waals surface area contributed by atoms with E-state index in [1.54, 1.807) is 18.3 Å². The largest absolute Gasteiger partial charge is 0.394 e. The fourth-order valence-corrected chi connectivity index (χ4v) is 1.90. The van der Waals surface area contributed by atoms with E-state index in [0.29, 0.717) is 10.6 Å². The zero-order chi connectivity index (χ0) is 11.7. The number of halogens is 1. The van der Waals surface area contributed by atoms with Gasteiger partial charge >= 0.3 is 0 Å². The predicted molar refractivity (Wildman–Crippen MR) is 61.4 cm³/mol. The van der Waals surface area contributed by atoms with Gasteiger partial charge in [0.15, 0.2) is 0 Å². The maximum Gasteiger partial charge on any atom is 0.109 e. The fraction of sp³-hybridized carbons (Fsp3) is 0.273. The van der Waals surface area contributed by atoms with Crippen LogP contribution >= 0.6 is 11.6 Å². The van der Waals surface area contributed by atoms with Crippen LogP contribution in [0, 0.1) is 0 Å². The van der Waals surface area contributed by atoms with E-state index in [1.165, 1.54) is 0 Å². The molecule has 0 aliphatic rings. The Hall–Kier alpha value is -1.07. The van der Waals surface area contributed by atoms with Crippen LogP contribution in [0.3, 0.4) is 0 Å². The first kappa shape index (κ1) is 11.4. The van der Waals surface area contributed by atoms with E-state index in [4.69, 9.17) is 16.7 Å². The summed E-state index contributed by atoms with van der Waals surface area (Å²) in [5.74, 6) is 0. The van der Waals surface area contributed by atoms with Crippen LogP contribution < -0.4 is 0 Å². The number of fused-ring (bicyclic) bond motifs is 1. The third-order valence-corrected chi connectivity index (χ3v) is 2.87. The van der Waals surface area contributed by atoms with Crippen molar-refractivity contribution in [1.29, 1.82) is 0 Å². The SMILES string of the molecule is OCC(O)C(O)c1cc2cc[nH]c2cc1Cl. The minimum Gasteiger partial charge on any atom is -0.394 e. The van der Waals surface area contributed by atoms with E-state index in [0.717, 1.165) is 10.9 Å². The Bertz CT molecular complexity index is 497. The van der Waals surface area contributed by atoms with Crippen molar-refractivity contribution < 1.29 is 15.3 Å². The molecule has 0 radical (unpaired) electrons. The molecular formula is C11H12ClNO3. The number of aromatic amines is 1. The fourth-order valence-electron chi connectivity index (χ4n) is 1.63. The lowest BCUT2D eigenvalue weighted by molar-refractivity contribution is -0.0151. The topological polar surface area (TPSA) is 76.5 Å². The van der Waals surface area contributed by atoms with Crippen molar-refractivity contribution in [2.75, 3.05) is 6.61 Å². The van der Waals surface area contributed by atoms with Gasteiger partial charge in [-0.2, -0.15) is 0 Å². The molecule has 2 unspecified atom stereocenters. The molecule has 1 aromatic carbocycles. The minimum atomic E-state index is -1.23. The molecule has 0 aliphatic heterocycles. The van der Waals surface area contributed by atoms with E-state index < -0.39 is 18.8 Å². The highest BCUT2D eigenvalue weighted by molar-refractivity contribution is 6.32. The molecule has 2 rings (SSSR count). The van der Waals surface area contributed by atoms with Crippen LogP contribution in [0.2, 0.25) is 5.02 Å². The molecule has 0 saturated heterocycles. The van der Waals surface area contributed by atoms with E-state index >= 15 is 0 Å². The Morgan fingerprint density at radius 1 is 1.31 bits per heavy atom. The summed E-state index contributed by atoms with van der Waals surface area (Å²) in [7, 11) is 0. The van der Waals surface area contributed by atoms with Gasteiger partial charge in [0.1, 0.15) is 12.2 Å². The summed E-state index contributed by atoms with van der Waals surface area (Å²) in [5.41, 5.74) is 1.27. The van der Waals surface area contributed by atoms with Crippen molar-refractivity contribution in [3.05, 3.63) is 35.0 Å². The number of benzene rings is 1. The quantitative estimate of drug-likeness (QED) is 0.652. The van der Waals surface area contributed by atoms with Crippen LogP contribution in [-0.2, 0) is 0 Å². The van der Waals surface area contributed by atoms with Crippen LogP contribution in [0.1, 0.15) is 11.7 Å². The van der Waals surface area contributed by atoms with Crippen molar-refractivity contribution in [2.45, 2.75) is 12.2 Å². The summed E-state index contributed by atoms with van der Waals surface area (Å²) < 4.78 is 0. The Labute approximate surface area is 97.1 Å². The van der Waals surface area contributed by atoms with Gasteiger partial charge in [-0.3, -0.25) is 0 Å². The molecule has 4 nitrogen and oxygen atoms in total. The third kappa shape index (κ3) is 1.92. The van der Waals surface area contributed by atoms with Crippen LogP contribution in [0.5, 0.6) is 0 Å². The molecule has 4 N–H and O–H groups in total. The van der Waals surface area contributed by atoms with Crippen molar-refractivity contribution >= 4 is 22.5 Å². The molecule has 0 aliphatic carbocycles. The molecule has 0 fully saturated rings. The van der Waals surface area contributed by atoms with Crippen molar-refractivity contribution in [2.24, 2.45) is 0 Å². The van der Waals surface area contributed by atoms with Gasteiger partial charge in [0.25, 0.3) is 0 Å². The first-order valence-corrected chi connectivity index (χ1v) is 5.25. The summed E-state index contributed by atoms with van der Waals surface area (Å²) in [6.45, 7) is -0.511. The summed E-state index contributed by atoms with van der Waals surface area (Å²) in [4.78, 5) is 2.99. The van der Waals surface area contributed by atoms with E-state index in [1.807, 2.05) is 6.07 Å². The second kappa shape index (κ2) is 4.43. The van der Waals surface area contributed by atoms with Gasteiger partial charge < -0.3 is 20.3 Å². The Kier molecular flexibility index (Phi) is 3.16. The van der Waals surface area contributed by atoms with E-state index in [2.05, 4.69) is 4.98 Å². The van der Waals surface area contributed by atoms with Gasteiger partial charge in [-0.15, -0.1) is 0 Å². The van der Waals surface area contributed by atoms with Gasteiger partial charge in [-0.05, 0) is 23.6 Å². The number of rotatable bonds is 3. The van der Waals surface area contributed by atoms with Crippen molar-refractivity contribution in [1.82, 2.24) is 4.98 Å². The molecule has 2 atom stereocenters. The normalized spacial score (nSPS) is 15.2. The first-order valence-electron chi connectivity index (χ1n) is 4.87. The predicted octanol–water partition coefficient (Wildman–Crippen LogP) is 1.21. The summed E-state index contributed by atoms with van der Waals surface area (Å²) in [5, 5.41) is 29.1. The molecule has 0 amide bonds. The molecule has 0 bridgehead atoms. The molecular weight excluding hydrogens is 230 g/mol. The minimum absolute atomic E-state index is 0.356. The van der Waals surface area contributed by atoms with Crippen LogP contribution in [0.15, 0.2) is 24.4 Å². The van der Waals surface area contributed by atoms with Crippen LogP contribution in [-0.4, -0.2) is 33.0 Å². The number of hydrogen-bond acceptors (Lipinski definition) is 3. The molecule has 86 valence electrons. The summed E-state index contributed by atoms with van der Waals surface area (Å²) >= 11 is 5.98. The molecule has 5 heteroatoms. The van der Waals surface area contributed by atoms with E-state index in [9.17, 15) is 10.2 Å². The standard InChI is InChI=1S/C11H12ClNO3/c12-8-4-9-6(1-2-13-9)3-7(8)11(16)10(15)5-14/h1-4,10-11,13-16H,5H2. The van der Waals surface area contributed by atoms with Gasteiger partial charge in [-0.1, -0.05) is 11.6 Å². The Morgan fingerprint density at radius 3 is 2.75 bits per heavy atom. The molecule has 16 heavy (non-hydrogen) atoms.